The minimum Gasteiger partial charge on any atom is -0.311 e. The summed E-state index contributed by atoms with van der Waals surface area (Å²) in [5, 5.41) is 3.73. The van der Waals surface area contributed by atoms with Gasteiger partial charge >= 0.3 is 0 Å². The Morgan fingerprint density at radius 1 is 1.36 bits per heavy atom. The van der Waals surface area contributed by atoms with Crippen LogP contribution in [0.1, 0.15) is 47.0 Å². The first-order valence-corrected chi connectivity index (χ1v) is 7.08. The van der Waals surface area contributed by atoms with Gasteiger partial charge in [-0.05, 0) is 50.0 Å². The normalized spacial score (nSPS) is 23.1. The summed E-state index contributed by atoms with van der Waals surface area (Å²) in [6.07, 6.45) is 4.13. The Morgan fingerprint density at radius 3 is 2.50 bits per heavy atom. The van der Waals surface area contributed by atoms with Crippen molar-refractivity contribution >= 4 is 11.8 Å². The van der Waals surface area contributed by atoms with E-state index in [9.17, 15) is 0 Å². The van der Waals surface area contributed by atoms with Crippen molar-refractivity contribution in [1.82, 2.24) is 5.32 Å². The third-order valence-electron chi connectivity index (χ3n) is 3.52. The van der Waals surface area contributed by atoms with Crippen molar-refractivity contribution in [3.63, 3.8) is 0 Å². The van der Waals surface area contributed by atoms with Gasteiger partial charge in [-0.2, -0.15) is 11.8 Å². The third-order valence-corrected chi connectivity index (χ3v) is 4.45. The van der Waals surface area contributed by atoms with Crippen LogP contribution in [0.3, 0.4) is 0 Å². The lowest BCUT2D eigenvalue weighted by Gasteiger charge is -2.25. The highest BCUT2D eigenvalue weighted by Crippen LogP contribution is 2.48. The van der Waals surface area contributed by atoms with Crippen LogP contribution in [0, 0.1) is 5.41 Å². The first-order chi connectivity index (χ1) is 6.58. The monoisotopic (exact) mass is 215 g/mol. The molecule has 1 aliphatic rings. The molecule has 0 heterocycles. The van der Waals surface area contributed by atoms with E-state index in [0.29, 0.717) is 17.5 Å². The molecule has 2 heteroatoms. The first-order valence-electron chi connectivity index (χ1n) is 5.92. The van der Waals surface area contributed by atoms with E-state index >= 15 is 0 Å². The van der Waals surface area contributed by atoms with Crippen molar-refractivity contribution in [2.24, 2.45) is 5.41 Å². The molecule has 1 rings (SSSR count). The van der Waals surface area contributed by atoms with Crippen LogP contribution in [-0.4, -0.2) is 23.6 Å². The zero-order valence-electron chi connectivity index (χ0n) is 10.1. The Balaban J connectivity index is 2.10. The molecule has 1 nitrogen and oxygen atoms in total. The van der Waals surface area contributed by atoms with Gasteiger partial charge in [0.15, 0.2) is 0 Å². The topological polar surface area (TPSA) is 12.0 Å². The maximum atomic E-state index is 3.73. The second-order valence-electron chi connectivity index (χ2n) is 4.93. The largest absolute Gasteiger partial charge is 0.311 e. The summed E-state index contributed by atoms with van der Waals surface area (Å²) < 4.78 is 0. The number of hydrogen-bond donors (Lipinski definition) is 1. The Hall–Kier alpha value is 0.310. The highest BCUT2D eigenvalue weighted by molar-refractivity contribution is 7.99. The van der Waals surface area contributed by atoms with Crippen LogP contribution in [0.5, 0.6) is 0 Å². The van der Waals surface area contributed by atoms with Crippen LogP contribution in [0.25, 0.3) is 0 Å². The molecule has 1 N–H and O–H groups in total. The van der Waals surface area contributed by atoms with Gasteiger partial charge < -0.3 is 5.32 Å². The highest BCUT2D eigenvalue weighted by atomic mass is 32.2. The molecule has 84 valence electrons. The van der Waals surface area contributed by atoms with E-state index in [-0.39, 0.29) is 0 Å². The molecular formula is C12H25NS. The Morgan fingerprint density at radius 2 is 2.00 bits per heavy atom. The molecular weight excluding hydrogens is 190 g/mol. The molecule has 2 atom stereocenters. The van der Waals surface area contributed by atoms with Gasteiger partial charge in [0.2, 0.25) is 0 Å². The minimum atomic E-state index is 0.617. The summed E-state index contributed by atoms with van der Waals surface area (Å²) in [5.74, 6) is 2.55. The number of nitrogens with one attached hydrogen (secondary N) is 1. The van der Waals surface area contributed by atoms with E-state index in [2.05, 4.69) is 33.0 Å². The Kier molecular flexibility index (Phi) is 4.78. The molecule has 0 aromatic rings. The summed E-state index contributed by atoms with van der Waals surface area (Å²) >= 11 is 2.05. The summed E-state index contributed by atoms with van der Waals surface area (Å²) in [6.45, 7) is 9.30. The predicted octanol–water partition coefficient (Wildman–Crippen LogP) is 3.30. The second kappa shape index (κ2) is 5.41. The standard InChI is InChI=1S/C12H25NS/c1-5-14-9-6-10(2)13-11(3)12(4)7-8-12/h10-11,13H,5-9H2,1-4H3. The fraction of sp³-hybridized carbons (Fsp3) is 1.00. The predicted molar refractivity (Wildman–Crippen MR) is 67.0 cm³/mol. The molecule has 0 amide bonds. The average molecular weight is 215 g/mol. The van der Waals surface area contributed by atoms with Crippen molar-refractivity contribution in [1.29, 1.82) is 0 Å². The van der Waals surface area contributed by atoms with Gasteiger partial charge in [-0.15, -0.1) is 0 Å². The summed E-state index contributed by atoms with van der Waals surface area (Å²) in [6, 6.07) is 1.38. The van der Waals surface area contributed by atoms with Crippen molar-refractivity contribution in [2.45, 2.75) is 59.0 Å². The Labute approximate surface area is 93.4 Å². The lowest BCUT2D eigenvalue weighted by atomic mass is 10.00. The van der Waals surface area contributed by atoms with Crippen LogP contribution < -0.4 is 5.32 Å². The van der Waals surface area contributed by atoms with E-state index in [0.717, 1.165) is 0 Å². The maximum Gasteiger partial charge on any atom is 0.00950 e. The Bertz CT molecular complexity index is 166. The van der Waals surface area contributed by atoms with Gasteiger partial charge in [-0.1, -0.05) is 13.8 Å². The number of rotatable bonds is 7. The van der Waals surface area contributed by atoms with Crippen LogP contribution in [0.2, 0.25) is 0 Å². The summed E-state index contributed by atoms with van der Waals surface area (Å²) in [5.41, 5.74) is 0.617. The molecule has 1 saturated carbocycles. The van der Waals surface area contributed by atoms with Crippen molar-refractivity contribution in [3.05, 3.63) is 0 Å². The lowest BCUT2D eigenvalue weighted by molar-refractivity contribution is 0.344. The van der Waals surface area contributed by atoms with Crippen molar-refractivity contribution in [3.8, 4) is 0 Å². The van der Waals surface area contributed by atoms with Gasteiger partial charge in [-0.3, -0.25) is 0 Å². The van der Waals surface area contributed by atoms with E-state index in [1.165, 1.54) is 30.8 Å². The zero-order chi connectivity index (χ0) is 10.6. The van der Waals surface area contributed by atoms with Gasteiger partial charge in [-0.25, -0.2) is 0 Å². The molecule has 0 radical (unpaired) electrons. The van der Waals surface area contributed by atoms with Crippen molar-refractivity contribution < 1.29 is 0 Å². The van der Waals surface area contributed by atoms with Crippen LogP contribution in [0.4, 0.5) is 0 Å². The molecule has 0 aromatic carbocycles. The molecule has 2 unspecified atom stereocenters. The number of thioether (sulfide) groups is 1. The van der Waals surface area contributed by atoms with Gasteiger partial charge in [0, 0.05) is 12.1 Å². The molecule has 0 spiro atoms. The van der Waals surface area contributed by atoms with Crippen LogP contribution in [-0.2, 0) is 0 Å². The average Bonchev–Trinajstić information content (AvgIpc) is 2.85. The second-order valence-corrected chi connectivity index (χ2v) is 6.32. The SMILES string of the molecule is CCSCCC(C)NC(C)C1(C)CC1. The van der Waals surface area contributed by atoms with Crippen LogP contribution in [0.15, 0.2) is 0 Å². The first kappa shape index (κ1) is 12.4. The van der Waals surface area contributed by atoms with E-state index < -0.39 is 0 Å². The smallest absolute Gasteiger partial charge is 0.00950 e. The molecule has 14 heavy (non-hydrogen) atoms. The molecule has 0 aromatic heterocycles. The van der Waals surface area contributed by atoms with Gasteiger partial charge in [0.05, 0.1) is 0 Å². The molecule has 1 fully saturated rings. The molecule has 0 saturated heterocycles. The summed E-state index contributed by atoms with van der Waals surface area (Å²) in [4.78, 5) is 0. The minimum absolute atomic E-state index is 0.617. The molecule has 0 bridgehead atoms. The maximum absolute atomic E-state index is 3.73. The fourth-order valence-electron chi connectivity index (χ4n) is 1.75. The fourth-order valence-corrected chi connectivity index (χ4v) is 2.55. The molecule has 0 aliphatic heterocycles. The van der Waals surface area contributed by atoms with E-state index in [1.54, 1.807) is 0 Å². The highest BCUT2D eigenvalue weighted by Gasteiger charge is 2.42. The van der Waals surface area contributed by atoms with Gasteiger partial charge in [0.25, 0.3) is 0 Å². The van der Waals surface area contributed by atoms with E-state index in [4.69, 9.17) is 0 Å². The zero-order valence-corrected chi connectivity index (χ0v) is 10.9. The van der Waals surface area contributed by atoms with Gasteiger partial charge in [0.1, 0.15) is 0 Å². The van der Waals surface area contributed by atoms with E-state index in [1.807, 2.05) is 11.8 Å². The lowest BCUT2D eigenvalue weighted by Crippen LogP contribution is -2.39. The summed E-state index contributed by atoms with van der Waals surface area (Å²) in [7, 11) is 0. The molecule has 1 aliphatic carbocycles. The quantitative estimate of drug-likeness (QED) is 0.654. The third kappa shape index (κ3) is 3.82. The number of hydrogen-bond acceptors (Lipinski definition) is 2. The van der Waals surface area contributed by atoms with Crippen LogP contribution >= 0.6 is 11.8 Å². The van der Waals surface area contributed by atoms with Crippen molar-refractivity contribution in [2.75, 3.05) is 11.5 Å².